The number of aryl methyl sites for hydroxylation is 2. The third kappa shape index (κ3) is 6.55. The standard InChI is InChI=1S/C24H29F3N4O2/c1-16-8-9-20(17(2)14-16)29-23(33)18(3)31-12-10-30(11-13-31)15-22(32)28-21-7-5-4-6-19(21)24(25,26)27/h4-9,14,18H,10-13,15H2,1-3H3,(H,28,32)(H,29,33). The highest BCUT2D eigenvalue weighted by Gasteiger charge is 2.34. The molecule has 1 saturated heterocycles. The number of rotatable bonds is 6. The minimum absolute atomic E-state index is 0.0107. The molecule has 1 aliphatic rings. The smallest absolute Gasteiger partial charge is 0.324 e. The molecule has 9 heteroatoms. The number of para-hydroxylation sites is 1. The first-order valence-electron chi connectivity index (χ1n) is 10.8. The number of halogens is 3. The van der Waals surface area contributed by atoms with Crippen LogP contribution in [0.5, 0.6) is 0 Å². The fourth-order valence-corrected chi connectivity index (χ4v) is 3.90. The van der Waals surface area contributed by atoms with E-state index in [0.717, 1.165) is 22.9 Å². The van der Waals surface area contributed by atoms with Gasteiger partial charge in [-0.2, -0.15) is 13.2 Å². The maximum absolute atomic E-state index is 13.1. The summed E-state index contributed by atoms with van der Waals surface area (Å²) < 4.78 is 39.4. The second-order valence-corrected chi connectivity index (χ2v) is 8.39. The number of hydrogen-bond acceptors (Lipinski definition) is 4. The van der Waals surface area contributed by atoms with Crippen molar-refractivity contribution in [2.75, 3.05) is 43.4 Å². The van der Waals surface area contributed by atoms with Crippen LogP contribution in [0.1, 0.15) is 23.6 Å². The molecule has 0 aromatic heterocycles. The highest BCUT2D eigenvalue weighted by molar-refractivity contribution is 5.95. The Morgan fingerprint density at radius 1 is 0.970 bits per heavy atom. The molecular formula is C24H29F3N4O2. The van der Waals surface area contributed by atoms with E-state index in [4.69, 9.17) is 0 Å². The van der Waals surface area contributed by atoms with Crippen LogP contribution in [0.15, 0.2) is 42.5 Å². The van der Waals surface area contributed by atoms with Gasteiger partial charge in [0.1, 0.15) is 0 Å². The van der Waals surface area contributed by atoms with E-state index >= 15 is 0 Å². The van der Waals surface area contributed by atoms with E-state index in [0.29, 0.717) is 26.2 Å². The maximum Gasteiger partial charge on any atom is 0.418 e. The number of carbonyl (C=O) groups excluding carboxylic acids is 2. The number of amides is 2. The van der Waals surface area contributed by atoms with Crippen molar-refractivity contribution in [3.8, 4) is 0 Å². The Hall–Kier alpha value is -2.91. The number of hydrogen-bond donors (Lipinski definition) is 2. The van der Waals surface area contributed by atoms with Gasteiger partial charge < -0.3 is 10.6 Å². The molecule has 1 aliphatic heterocycles. The minimum atomic E-state index is -4.54. The van der Waals surface area contributed by atoms with Crippen LogP contribution in [0, 0.1) is 13.8 Å². The Morgan fingerprint density at radius 3 is 2.27 bits per heavy atom. The molecule has 2 N–H and O–H groups in total. The zero-order valence-electron chi connectivity index (χ0n) is 19.0. The van der Waals surface area contributed by atoms with Crippen molar-refractivity contribution in [1.29, 1.82) is 0 Å². The third-order valence-electron chi connectivity index (χ3n) is 5.85. The number of piperazine rings is 1. The van der Waals surface area contributed by atoms with Gasteiger partial charge in [0.05, 0.1) is 23.8 Å². The summed E-state index contributed by atoms with van der Waals surface area (Å²) in [6.07, 6.45) is -4.54. The van der Waals surface area contributed by atoms with Crippen molar-refractivity contribution in [2.24, 2.45) is 0 Å². The van der Waals surface area contributed by atoms with Gasteiger partial charge in [-0.3, -0.25) is 19.4 Å². The molecule has 3 rings (SSSR count). The molecular weight excluding hydrogens is 433 g/mol. The van der Waals surface area contributed by atoms with Gasteiger partial charge in [0.2, 0.25) is 11.8 Å². The molecule has 178 valence electrons. The van der Waals surface area contributed by atoms with Gasteiger partial charge in [-0.05, 0) is 44.5 Å². The number of carbonyl (C=O) groups is 2. The van der Waals surface area contributed by atoms with E-state index in [-0.39, 0.29) is 24.2 Å². The van der Waals surface area contributed by atoms with Crippen molar-refractivity contribution in [2.45, 2.75) is 33.0 Å². The lowest BCUT2D eigenvalue weighted by Crippen LogP contribution is -2.53. The molecule has 2 aromatic rings. The number of nitrogens with one attached hydrogen (secondary N) is 2. The van der Waals surface area contributed by atoms with Crippen LogP contribution in [-0.2, 0) is 15.8 Å². The molecule has 2 amide bonds. The Balaban J connectivity index is 1.49. The zero-order chi connectivity index (χ0) is 24.2. The summed E-state index contributed by atoms with van der Waals surface area (Å²) in [5.41, 5.74) is 1.79. The molecule has 1 atom stereocenters. The monoisotopic (exact) mass is 462 g/mol. The third-order valence-corrected chi connectivity index (χ3v) is 5.85. The van der Waals surface area contributed by atoms with Crippen molar-refractivity contribution >= 4 is 23.2 Å². The largest absolute Gasteiger partial charge is 0.418 e. The number of nitrogens with zero attached hydrogens (tertiary/aromatic N) is 2. The van der Waals surface area contributed by atoms with Crippen LogP contribution in [0.25, 0.3) is 0 Å². The minimum Gasteiger partial charge on any atom is -0.324 e. The second kappa shape index (κ2) is 10.4. The second-order valence-electron chi connectivity index (χ2n) is 8.39. The number of alkyl halides is 3. The van der Waals surface area contributed by atoms with Crippen LogP contribution >= 0.6 is 0 Å². The van der Waals surface area contributed by atoms with E-state index in [1.54, 1.807) is 0 Å². The summed E-state index contributed by atoms with van der Waals surface area (Å²) in [6, 6.07) is 10.4. The van der Waals surface area contributed by atoms with Gasteiger partial charge in [-0.15, -0.1) is 0 Å². The molecule has 2 aromatic carbocycles. The van der Waals surface area contributed by atoms with Crippen molar-refractivity contribution in [1.82, 2.24) is 9.80 Å². The lowest BCUT2D eigenvalue weighted by atomic mass is 10.1. The van der Waals surface area contributed by atoms with Crippen molar-refractivity contribution in [3.05, 3.63) is 59.2 Å². The molecule has 33 heavy (non-hydrogen) atoms. The Morgan fingerprint density at radius 2 is 1.64 bits per heavy atom. The van der Waals surface area contributed by atoms with Gasteiger partial charge >= 0.3 is 6.18 Å². The highest BCUT2D eigenvalue weighted by Crippen LogP contribution is 2.34. The quantitative estimate of drug-likeness (QED) is 0.684. The van der Waals surface area contributed by atoms with E-state index < -0.39 is 17.6 Å². The Labute approximate surface area is 191 Å². The van der Waals surface area contributed by atoms with Crippen LogP contribution in [0.4, 0.5) is 24.5 Å². The number of benzene rings is 2. The highest BCUT2D eigenvalue weighted by atomic mass is 19.4. The van der Waals surface area contributed by atoms with Gasteiger partial charge in [-0.25, -0.2) is 0 Å². The zero-order valence-corrected chi connectivity index (χ0v) is 19.0. The summed E-state index contributed by atoms with van der Waals surface area (Å²) in [6.45, 7) is 8.01. The fourth-order valence-electron chi connectivity index (χ4n) is 3.90. The summed E-state index contributed by atoms with van der Waals surface area (Å²) >= 11 is 0. The average Bonchev–Trinajstić information content (AvgIpc) is 2.75. The van der Waals surface area contributed by atoms with Crippen LogP contribution < -0.4 is 10.6 Å². The summed E-state index contributed by atoms with van der Waals surface area (Å²) in [7, 11) is 0. The van der Waals surface area contributed by atoms with Gasteiger partial charge in [-0.1, -0.05) is 29.8 Å². The van der Waals surface area contributed by atoms with Gasteiger partial charge in [0.15, 0.2) is 0 Å². The first kappa shape index (κ1) is 24.7. The number of anilines is 2. The molecule has 1 heterocycles. The molecule has 6 nitrogen and oxygen atoms in total. The van der Waals surface area contributed by atoms with Crippen molar-refractivity contribution in [3.63, 3.8) is 0 Å². The molecule has 0 radical (unpaired) electrons. The molecule has 0 aliphatic carbocycles. The Bertz CT molecular complexity index is 1000. The molecule has 0 saturated carbocycles. The fraction of sp³-hybridized carbons (Fsp3) is 0.417. The SMILES string of the molecule is Cc1ccc(NC(=O)C(C)N2CCN(CC(=O)Nc3ccccc3C(F)(F)F)CC2)c(C)c1. The van der Waals surface area contributed by atoms with E-state index in [9.17, 15) is 22.8 Å². The summed E-state index contributed by atoms with van der Waals surface area (Å²) in [5, 5.41) is 5.35. The molecule has 1 unspecified atom stereocenters. The van der Waals surface area contributed by atoms with E-state index in [1.165, 1.54) is 18.2 Å². The van der Waals surface area contributed by atoms with Gasteiger partial charge in [0.25, 0.3) is 0 Å². The predicted octanol–water partition coefficient (Wildman–Crippen LogP) is 3.91. The van der Waals surface area contributed by atoms with Crippen LogP contribution in [0.3, 0.4) is 0 Å². The maximum atomic E-state index is 13.1. The first-order chi connectivity index (χ1) is 15.5. The van der Waals surface area contributed by atoms with Crippen molar-refractivity contribution < 1.29 is 22.8 Å². The summed E-state index contributed by atoms with van der Waals surface area (Å²) in [5.74, 6) is -0.599. The average molecular weight is 463 g/mol. The Kier molecular flexibility index (Phi) is 7.76. The lowest BCUT2D eigenvalue weighted by molar-refractivity contribution is -0.137. The molecule has 1 fully saturated rings. The summed E-state index contributed by atoms with van der Waals surface area (Å²) in [4.78, 5) is 29.0. The topological polar surface area (TPSA) is 64.7 Å². The van der Waals surface area contributed by atoms with Crippen LogP contribution in [0.2, 0.25) is 0 Å². The molecule has 0 bridgehead atoms. The van der Waals surface area contributed by atoms with Gasteiger partial charge in [0, 0.05) is 31.9 Å². The normalized spacial score (nSPS) is 16.3. The van der Waals surface area contributed by atoms with E-state index in [1.807, 2.05) is 48.8 Å². The predicted molar refractivity (Wildman–Crippen MR) is 122 cm³/mol. The van der Waals surface area contributed by atoms with Crippen LogP contribution in [-0.4, -0.2) is 60.4 Å². The lowest BCUT2D eigenvalue weighted by Gasteiger charge is -2.37. The molecule has 0 spiro atoms. The van der Waals surface area contributed by atoms with E-state index in [2.05, 4.69) is 10.6 Å². The first-order valence-corrected chi connectivity index (χ1v) is 10.8.